The van der Waals surface area contributed by atoms with Gasteiger partial charge in [0.25, 0.3) is 0 Å². The van der Waals surface area contributed by atoms with Gasteiger partial charge < -0.3 is 10.3 Å². The van der Waals surface area contributed by atoms with Crippen molar-refractivity contribution in [1.82, 2.24) is 25.3 Å². The molecule has 0 spiro atoms. The molecule has 0 aromatic carbocycles. The summed E-state index contributed by atoms with van der Waals surface area (Å²) in [7, 11) is 0. The van der Waals surface area contributed by atoms with Crippen LogP contribution in [-0.2, 0) is 19.4 Å². The Labute approximate surface area is 106 Å². The first-order valence-corrected chi connectivity index (χ1v) is 6.47. The second-order valence-electron chi connectivity index (χ2n) is 4.53. The second kappa shape index (κ2) is 4.86. The molecule has 3 heterocycles. The highest BCUT2D eigenvalue weighted by atomic mass is 15.0. The van der Waals surface area contributed by atoms with Gasteiger partial charge in [0, 0.05) is 24.6 Å². The maximum Gasteiger partial charge on any atom is 0.196 e. The lowest BCUT2D eigenvalue weighted by molar-refractivity contribution is 0.614. The molecule has 0 saturated heterocycles. The highest BCUT2D eigenvalue weighted by molar-refractivity contribution is 5.45. The molecule has 1 aliphatic rings. The van der Waals surface area contributed by atoms with Crippen molar-refractivity contribution < 1.29 is 0 Å². The van der Waals surface area contributed by atoms with E-state index in [9.17, 15) is 0 Å². The molecule has 0 saturated carbocycles. The van der Waals surface area contributed by atoms with E-state index in [1.807, 2.05) is 0 Å². The van der Waals surface area contributed by atoms with Crippen LogP contribution < -0.4 is 5.32 Å². The molecule has 1 aliphatic heterocycles. The van der Waals surface area contributed by atoms with Gasteiger partial charge in [-0.05, 0) is 24.9 Å². The third-order valence-corrected chi connectivity index (χ3v) is 3.22. The van der Waals surface area contributed by atoms with Gasteiger partial charge in [-0.1, -0.05) is 13.3 Å². The molecule has 5 heteroatoms. The molecule has 0 bridgehead atoms. The predicted molar refractivity (Wildman–Crippen MR) is 69.0 cm³/mol. The van der Waals surface area contributed by atoms with Gasteiger partial charge in [-0.15, -0.1) is 0 Å². The topological polar surface area (TPSA) is 66.5 Å². The summed E-state index contributed by atoms with van der Waals surface area (Å²) in [6.07, 6.45) is 6.68. The van der Waals surface area contributed by atoms with Gasteiger partial charge in [0.05, 0.1) is 5.69 Å². The molecule has 0 radical (unpaired) electrons. The minimum Gasteiger partial charge on any atom is -0.342 e. The van der Waals surface area contributed by atoms with E-state index >= 15 is 0 Å². The molecule has 0 atom stereocenters. The van der Waals surface area contributed by atoms with E-state index in [-0.39, 0.29) is 0 Å². The fourth-order valence-electron chi connectivity index (χ4n) is 2.37. The molecule has 0 amide bonds. The van der Waals surface area contributed by atoms with Crippen LogP contribution in [0.1, 0.15) is 30.3 Å². The first-order chi connectivity index (χ1) is 8.88. The van der Waals surface area contributed by atoms with Crippen LogP contribution in [-0.4, -0.2) is 26.5 Å². The van der Waals surface area contributed by atoms with E-state index in [0.29, 0.717) is 5.82 Å². The Kier molecular flexibility index (Phi) is 3.06. The lowest BCUT2D eigenvalue weighted by Crippen LogP contribution is -2.26. The smallest absolute Gasteiger partial charge is 0.196 e. The number of nitrogens with zero attached hydrogens (tertiary/aromatic N) is 3. The van der Waals surface area contributed by atoms with Crippen LogP contribution in [0.15, 0.2) is 12.4 Å². The average Bonchev–Trinajstić information content (AvgIpc) is 2.93. The molecular weight excluding hydrogens is 226 g/mol. The van der Waals surface area contributed by atoms with Crippen LogP contribution >= 0.6 is 0 Å². The van der Waals surface area contributed by atoms with Crippen molar-refractivity contribution in [3.8, 4) is 11.6 Å². The number of nitrogens with one attached hydrogen (secondary N) is 2. The van der Waals surface area contributed by atoms with Gasteiger partial charge in [-0.25, -0.2) is 15.0 Å². The standard InChI is InChI=1S/C13H17N5/c1-2-3-10-9-4-5-14-8-11(9)18-13(17-10)12-15-6-7-16-12/h6-7,14H,2-5,8H2,1H3,(H,15,16). The highest BCUT2D eigenvalue weighted by Crippen LogP contribution is 2.20. The maximum absolute atomic E-state index is 4.69. The molecule has 0 aliphatic carbocycles. The summed E-state index contributed by atoms with van der Waals surface area (Å²) in [5, 5.41) is 3.36. The summed E-state index contributed by atoms with van der Waals surface area (Å²) in [6, 6.07) is 0. The molecule has 94 valence electrons. The Bertz CT molecular complexity index is 533. The minimum absolute atomic E-state index is 0.714. The summed E-state index contributed by atoms with van der Waals surface area (Å²) in [5.41, 5.74) is 3.66. The Hall–Kier alpha value is -1.75. The Morgan fingerprint density at radius 3 is 3.06 bits per heavy atom. The van der Waals surface area contributed by atoms with E-state index in [2.05, 4.69) is 32.2 Å². The Morgan fingerprint density at radius 1 is 1.33 bits per heavy atom. The number of aryl methyl sites for hydroxylation is 1. The van der Waals surface area contributed by atoms with E-state index in [4.69, 9.17) is 0 Å². The highest BCUT2D eigenvalue weighted by Gasteiger charge is 2.18. The lowest BCUT2D eigenvalue weighted by atomic mass is 10.0. The fourth-order valence-corrected chi connectivity index (χ4v) is 2.37. The number of H-pyrrole nitrogens is 1. The summed E-state index contributed by atoms with van der Waals surface area (Å²) in [5.74, 6) is 1.46. The van der Waals surface area contributed by atoms with Gasteiger partial charge in [0.2, 0.25) is 0 Å². The maximum atomic E-state index is 4.69. The number of hydrogen-bond donors (Lipinski definition) is 2. The number of imidazole rings is 1. The molecule has 2 aromatic heterocycles. The van der Waals surface area contributed by atoms with Crippen molar-refractivity contribution in [3.63, 3.8) is 0 Å². The molecular formula is C13H17N5. The zero-order valence-corrected chi connectivity index (χ0v) is 10.5. The molecule has 18 heavy (non-hydrogen) atoms. The first kappa shape index (κ1) is 11.3. The van der Waals surface area contributed by atoms with E-state index < -0.39 is 0 Å². The van der Waals surface area contributed by atoms with Crippen LogP contribution in [0.2, 0.25) is 0 Å². The number of hydrogen-bond acceptors (Lipinski definition) is 4. The first-order valence-electron chi connectivity index (χ1n) is 6.47. The van der Waals surface area contributed by atoms with E-state index in [1.54, 1.807) is 12.4 Å². The van der Waals surface area contributed by atoms with Crippen LogP contribution in [0.5, 0.6) is 0 Å². The van der Waals surface area contributed by atoms with Gasteiger partial charge in [0.15, 0.2) is 11.6 Å². The fraction of sp³-hybridized carbons (Fsp3) is 0.462. The molecule has 0 unspecified atom stereocenters. The van der Waals surface area contributed by atoms with Crippen LogP contribution in [0.4, 0.5) is 0 Å². The predicted octanol–water partition coefficient (Wildman–Crippen LogP) is 1.46. The number of aromatic nitrogens is 4. The summed E-state index contributed by atoms with van der Waals surface area (Å²) >= 11 is 0. The summed E-state index contributed by atoms with van der Waals surface area (Å²) < 4.78 is 0. The molecule has 2 aromatic rings. The second-order valence-corrected chi connectivity index (χ2v) is 4.53. The average molecular weight is 243 g/mol. The Morgan fingerprint density at radius 2 is 2.28 bits per heavy atom. The third kappa shape index (κ3) is 2.01. The van der Waals surface area contributed by atoms with Gasteiger partial charge >= 0.3 is 0 Å². The van der Waals surface area contributed by atoms with Gasteiger partial charge in [-0.3, -0.25) is 0 Å². The summed E-state index contributed by atoms with van der Waals surface area (Å²) in [6.45, 7) is 4.04. The third-order valence-electron chi connectivity index (χ3n) is 3.22. The Balaban J connectivity index is 2.09. The van der Waals surface area contributed by atoms with Crippen molar-refractivity contribution in [2.75, 3.05) is 6.54 Å². The van der Waals surface area contributed by atoms with E-state index in [0.717, 1.165) is 43.9 Å². The van der Waals surface area contributed by atoms with Crippen molar-refractivity contribution in [2.24, 2.45) is 0 Å². The van der Waals surface area contributed by atoms with Gasteiger partial charge in [-0.2, -0.15) is 0 Å². The van der Waals surface area contributed by atoms with E-state index in [1.165, 1.54) is 11.3 Å². The van der Waals surface area contributed by atoms with Crippen LogP contribution in [0.3, 0.4) is 0 Å². The van der Waals surface area contributed by atoms with Crippen molar-refractivity contribution in [1.29, 1.82) is 0 Å². The number of aromatic amines is 1. The quantitative estimate of drug-likeness (QED) is 0.856. The van der Waals surface area contributed by atoms with Gasteiger partial charge in [0.1, 0.15) is 0 Å². The number of fused-ring (bicyclic) bond motifs is 1. The molecule has 2 N–H and O–H groups in total. The lowest BCUT2D eigenvalue weighted by Gasteiger charge is -2.19. The van der Waals surface area contributed by atoms with Crippen molar-refractivity contribution in [2.45, 2.75) is 32.7 Å². The zero-order valence-electron chi connectivity index (χ0n) is 10.5. The van der Waals surface area contributed by atoms with Crippen molar-refractivity contribution in [3.05, 3.63) is 29.3 Å². The minimum atomic E-state index is 0.714. The SMILES string of the molecule is CCCc1nc(-c2ncc[nH]2)nc2c1CCNC2. The number of rotatable bonds is 3. The largest absolute Gasteiger partial charge is 0.342 e. The zero-order chi connectivity index (χ0) is 12.4. The normalized spacial score (nSPS) is 14.5. The van der Waals surface area contributed by atoms with Crippen LogP contribution in [0.25, 0.3) is 11.6 Å². The van der Waals surface area contributed by atoms with Crippen molar-refractivity contribution >= 4 is 0 Å². The molecule has 0 fully saturated rings. The molecule has 3 rings (SSSR count). The monoisotopic (exact) mass is 243 g/mol. The molecule has 5 nitrogen and oxygen atoms in total. The summed E-state index contributed by atoms with van der Waals surface area (Å²) in [4.78, 5) is 16.6. The van der Waals surface area contributed by atoms with Crippen LogP contribution in [0, 0.1) is 0 Å².